The van der Waals surface area contributed by atoms with Crippen molar-refractivity contribution in [3.05, 3.63) is 29.8 Å². The predicted octanol–water partition coefficient (Wildman–Crippen LogP) is 0.945. The van der Waals surface area contributed by atoms with Crippen LogP contribution >= 0.6 is 0 Å². The van der Waals surface area contributed by atoms with Crippen LogP contribution < -0.4 is 4.74 Å². The molecule has 1 aromatic rings. The van der Waals surface area contributed by atoms with Gasteiger partial charge in [-0.2, -0.15) is 0 Å². The second-order valence-electron chi connectivity index (χ2n) is 4.33. The number of nitrogens with zero attached hydrogens (tertiary/aromatic N) is 1. The Morgan fingerprint density at radius 3 is 2.71 bits per heavy atom. The lowest BCUT2D eigenvalue weighted by Crippen LogP contribution is -2.28. The maximum atomic E-state index is 11.9. The van der Waals surface area contributed by atoms with Crippen molar-refractivity contribution in [3.8, 4) is 5.75 Å². The van der Waals surface area contributed by atoms with Crippen molar-refractivity contribution in [2.75, 3.05) is 26.7 Å². The number of likely N-dealkylation sites (tertiary alicyclic amines) is 1. The SMILES string of the molecule is COc1ccc(C(=O)CN2CC[C@H](O)C2)cc1. The Morgan fingerprint density at radius 2 is 2.18 bits per heavy atom. The summed E-state index contributed by atoms with van der Waals surface area (Å²) in [6.45, 7) is 1.77. The summed E-state index contributed by atoms with van der Waals surface area (Å²) in [5, 5.41) is 9.38. The maximum Gasteiger partial charge on any atom is 0.176 e. The molecule has 4 heteroatoms. The standard InChI is InChI=1S/C13H17NO3/c1-17-12-4-2-10(3-5-12)13(16)9-14-7-6-11(15)8-14/h2-5,11,15H,6-9H2,1H3/t11-/m0/s1. The number of β-amino-alcohol motifs (C(OH)–C–C–N with tert-alkyl or cyclic N) is 1. The van der Waals surface area contributed by atoms with Crippen LogP contribution in [0.4, 0.5) is 0 Å². The van der Waals surface area contributed by atoms with Gasteiger partial charge in [-0.15, -0.1) is 0 Å². The van der Waals surface area contributed by atoms with E-state index in [0.717, 1.165) is 18.7 Å². The molecule has 1 atom stereocenters. The molecular formula is C13H17NO3. The lowest BCUT2D eigenvalue weighted by Gasteiger charge is -2.13. The van der Waals surface area contributed by atoms with Crippen LogP contribution in [-0.2, 0) is 0 Å². The fraction of sp³-hybridized carbons (Fsp3) is 0.462. The second kappa shape index (κ2) is 5.29. The monoisotopic (exact) mass is 235 g/mol. The third-order valence-electron chi connectivity index (χ3n) is 3.03. The highest BCUT2D eigenvalue weighted by atomic mass is 16.5. The average molecular weight is 235 g/mol. The maximum absolute atomic E-state index is 11.9. The number of carbonyl (C=O) groups excluding carboxylic acids is 1. The van der Waals surface area contributed by atoms with Gasteiger partial charge < -0.3 is 9.84 Å². The van der Waals surface area contributed by atoms with Crippen LogP contribution in [0.3, 0.4) is 0 Å². The van der Waals surface area contributed by atoms with E-state index in [-0.39, 0.29) is 11.9 Å². The van der Waals surface area contributed by atoms with E-state index in [2.05, 4.69) is 0 Å². The summed E-state index contributed by atoms with van der Waals surface area (Å²) in [4.78, 5) is 13.9. The molecule has 4 nitrogen and oxygen atoms in total. The van der Waals surface area contributed by atoms with Crippen molar-refractivity contribution in [3.63, 3.8) is 0 Å². The van der Waals surface area contributed by atoms with Crippen molar-refractivity contribution in [2.45, 2.75) is 12.5 Å². The highest BCUT2D eigenvalue weighted by Crippen LogP contribution is 2.14. The number of methoxy groups -OCH3 is 1. The summed E-state index contributed by atoms with van der Waals surface area (Å²) in [6, 6.07) is 7.11. The Bertz CT molecular complexity index is 388. The molecule has 0 unspecified atom stereocenters. The Balaban J connectivity index is 1.94. The molecule has 1 N–H and O–H groups in total. The van der Waals surface area contributed by atoms with Crippen molar-refractivity contribution >= 4 is 5.78 Å². The largest absolute Gasteiger partial charge is 0.497 e. The van der Waals surface area contributed by atoms with Gasteiger partial charge in [0.15, 0.2) is 5.78 Å². The van der Waals surface area contributed by atoms with Crippen LogP contribution in [0.5, 0.6) is 5.75 Å². The number of hydrogen-bond acceptors (Lipinski definition) is 4. The number of rotatable bonds is 4. The van der Waals surface area contributed by atoms with Gasteiger partial charge in [0.05, 0.1) is 19.8 Å². The molecule has 1 aliphatic rings. The van der Waals surface area contributed by atoms with Gasteiger partial charge in [0.25, 0.3) is 0 Å². The molecule has 92 valence electrons. The van der Waals surface area contributed by atoms with Crippen LogP contribution in [0.1, 0.15) is 16.8 Å². The number of aliphatic hydroxyl groups excluding tert-OH is 1. The molecule has 0 aliphatic carbocycles. The molecule has 0 saturated carbocycles. The van der Waals surface area contributed by atoms with Crippen molar-refractivity contribution in [1.29, 1.82) is 0 Å². The third kappa shape index (κ3) is 3.05. The van der Waals surface area contributed by atoms with Crippen molar-refractivity contribution in [2.24, 2.45) is 0 Å². The zero-order chi connectivity index (χ0) is 12.3. The summed E-state index contributed by atoms with van der Waals surface area (Å²) in [5.74, 6) is 0.833. The number of ketones is 1. The van der Waals surface area contributed by atoms with Gasteiger partial charge in [0.1, 0.15) is 5.75 Å². The van der Waals surface area contributed by atoms with E-state index in [4.69, 9.17) is 4.74 Å². The molecule has 17 heavy (non-hydrogen) atoms. The molecular weight excluding hydrogens is 218 g/mol. The lowest BCUT2D eigenvalue weighted by molar-refractivity contribution is 0.0935. The number of aliphatic hydroxyl groups is 1. The summed E-state index contributed by atoms with van der Waals surface area (Å²) in [7, 11) is 1.60. The number of carbonyl (C=O) groups is 1. The summed E-state index contributed by atoms with van der Waals surface area (Å²) in [6.07, 6.45) is 0.481. The van der Waals surface area contributed by atoms with Crippen LogP contribution in [0.2, 0.25) is 0 Å². The zero-order valence-electron chi connectivity index (χ0n) is 9.93. The molecule has 1 aliphatic heterocycles. The van der Waals surface area contributed by atoms with Gasteiger partial charge in [-0.1, -0.05) is 0 Å². The minimum absolute atomic E-state index is 0.0850. The smallest absolute Gasteiger partial charge is 0.176 e. The molecule has 1 saturated heterocycles. The van der Waals surface area contributed by atoms with Crippen molar-refractivity contribution in [1.82, 2.24) is 4.90 Å². The van der Waals surface area contributed by atoms with E-state index >= 15 is 0 Å². The average Bonchev–Trinajstić information content (AvgIpc) is 2.75. The van der Waals surface area contributed by atoms with Crippen LogP contribution in [0.15, 0.2) is 24.3 Å². The molecule has 1 fully saturated rings. The van der Waals surface area contributed by atoms with Crippen LogP contribution in [0.25, 0.3) is 0 Å². The van der Waals surface area contributed by atoms with Gasteiger partial charge in [-0.05, 0) is 30.7 Å². The first kappa shape index (κ1) is 12.1. The first-order valence-electron chi connectivity index (χ1n) is 5.76. The zero-order valence-corrected chi connectivity index (χ0v) is 9.93. The molecule has 1 aromatic carbocycles. The Morgan fingerprint density at radius 1 is 1.47 bits per heavy atom. The molecule has 0 bridgehead atoms. The van der Waals surface area contributed by atoms with E-state index in [9.17, 15) is 9.90 Å². The number of benzene rings is 1. The number of Topliss-reactive ketones (excluding diaryl/α,β-unsaturated/α-hetero) is 1. The van der Waals surface area contributed by atoms with E-state index in [1.807, 2.05) is 4.90 Å². The quantitative estimate of drug-likeness (QED) is 0.789. The van der Waals surface area contributed by atoms with E-state index in [0.29, 0.717) is 18.7 Å². The van der Waals surface area contributed by atoms with Crippen LogP contribution in [-0.4, -0.2) is 48.6 Å². The Labute approximate surface area is 101 Å². The molecule has 0 radical (unpaired) electrons. The summed E-state index contributed by atoms with van der Waals surface area (Å²) < 4.78 is 5.04. The van der Waals surface area contributed by atoms with Gasteiger partial charge >= 0.3 is 0 Å². The van der Waals surface area contributed by atoms with Gasteiger partial charge in [-0.3, -0.25) is 9.69 Å². The predicted molar refractivity (Wildman–Crippen MR) is 64.4 cm³/mol. The Kier molecular flexibility index (Phi) is 3.76. The van der Waals surface area contributed by atoms with E-state index < -0.39 is 0 Å². The molecule has 2 rings (SSSR count). The topological polar surface area (TPSA) is 49.8 Å². The molecule has 0 aromatic heterocycles. The van der Waals surface area contributed by atoms with Crippen LogP contribution in [0, 0.1) is 0 Å². The minimum atomic E-state index is -0.279. The van der Waals surface area contributed by atoms with Crippen molar-refractivity contribution < 1.29 is 14.6 Å². The fourth-order valence-corrected chi connectivity index (χ4v) is 2.03. The third-order valence-corrected chi connectivity index (χ3v) is 3.03. The van der Waals surface area contributed by atoms with Gasteiger partial charge in [0, 0.05) is 18.7 Å². The van der Waals surface area contributed by atoms with Gasteiger partial charge in [0.2, 0.25) is 0 Å². The lowest BCUT2D eigenvalue weighted by atomic mass is 10.1. The normalized spacial score (nSPS) is 20.5. The minimum Gasteiger partial charge on any atom is -0.497 e. The second-order valence-corrected chi connectivity index (χ2v) is 4.33. The fourth-order valence-electron chi connectivity index (χ4n) is 2.03. The Hall–Kier alpha value is -1.39. The highest BCUT2D eigenvalue weighted by molar-refractivity contribution is 5.97. The molecule has 0 spiro atoms. The van der Waals surface area contributed by atoms with Gasteiger partial charge in [-0.25, -0.2) is 0 Å². The summed E-state index contributed by atoms with van der Waals surface area (Å²) >= 11 is 0. The van der Waals surface area contributed by atoms with E-state index in [1.165, 1.54) is 0 Å². The van der Waals surface area contributed by atoms with E-state index in [1.54, 1.807) is 31.4 Å². The first-order chi connectivity index (χ1) is 8.19. The highest BCUT2D eigenvalue weighted by Gasteiger charge is 2.22. The molecule has 1 heterocycles. The summed E-state index contributed by atoms with van der Waals surface area (Å²) in [5.41, 5.74) is 0.687. The number of ether oxygens (including phenoxy) is 1. The first-order valence-corrected chi connectivity index (χ1v) is 5.76. The molecule has 0 amide bonds. The number of hydrogen-bond donors (Lipinski definition) is 1.